The van der Waals surface area contributed by atoms with E-state index in [1.807, 2.05) is 48.5 Å². The molecule has 0 atom stereocenters. The predicted molar refractivity (Wildman–Crippen MR) is 119 cm³/mol. The van der Waals surface area contributed by atoms with Crippen LogP contribution in [0.25, 0.3) is 11.1 Å². The van der Waals surface area contributed by atoms with Crippen LogP contribution < -0.4 is 0 Å². The van der Waals surface area contributed by atoms with Gasteiger partial charge in [0, 0.05) is 45.3 Å². The second kappa shape index (κ2) is 9.22. The van der Waals surface area contributed by atoms with Crippen molar-refractivity contribution in [2.24, 2.45) is 0 Å². The van der Waals surface area contributed by atoms with E-state index in [1.165, 1.54) is 7.11 Å². The Bertz CT molecular complexity index is 1010. The molecule has 2 amide bonds. The van der Waals surface area contributed by atoms with E-state index in [0.29, 0.717) is 51.0 Å². The summed E-state index contributed by atoms with van der Waals surface area (Å²) in [5, 5.41) is 10.0. The number of hydrogen-bond acceptors (Lipinski definition) is 5. The number of carbonyl (C=O) groups is 3. The number of hydrogen-bond donors (Lipinski definition) is 1. The molecule has 4 rings (SSSR count). The van der Waals surface area contributed by atoms with Crippen LogP contribution in [0.15, 0.2) is 48.5 Å². The molecule has 32 heavy (non-hydrogen) atoms. The molecule has 2 aliphatic rings. The molecule has 1 aliphatic carbocycles. The number of methoxy groups -OCH3 is 1. The van der Waals surface area contributed by atoms with Gasteiger partial charge in [0.05, 0.1) is 0 Å². The molecule has 7 nitrogen and oxygen atoms in total. The summed E-state index contributed by atoms with van der Waals surface area (Å²) in [6.07, 6.45) is 1.39. The van der Waals surface area contributed by atoms with Crippen molar-refractivity contribution in [2.75, 3.05) is 39.9 Å². The Morgan fingerprint density at radius 1 is 0.938 bits per heavy atom. The third kappa shape index (κ3) is 4.89. The van der Waals surface area contributed by atoms with E-state index in [1.54, 1.807) is 9.80 Å². The van der Waals surface area contributed by atoms with Gasteiger partial charge in [0.1, 0.15) is 12.2 Å². The van der Waals surface area contributed by atoms with E-state index in [0.717, 1.165) is 16.7 Å². The van der Waals surface area contributed by atoms with Gasteiger partial charge in [-0.05, 0) is 41.7 Å². The van der Waals surface area contributed by atoms with Crippen LogP contribution in [0.4, 0.5) is 0 Å². The Morgan fingerprint density at radius 3 is 2.22 bits per heavy atom. The molecule has 1 saturated carbocycles. The van der Waals surface area contributed by atoms with Crippen molar-refractivity contribution in [3.8, 4) is 11.1 Å². The standard InChI is InChI=1S/C25H28N2O5/c1-32-17-22(28)16-18-3-2-4-21(15-18)19-5-7-20(8-6-19)23(29)26-11-13-27(14-12-26)24(30)25(31)9-10-25/h2-8,15,31H,9-14,16-17H2,1H3. The number of ether oxygens (including phenoxy) is 1. The van der Waals surface area contributed by atoms with Crippen LogP contribution in [-0.4, -0.2) is 78.0 Å². The van der Waals surface area contributed by atoms with Crippen LogP contribution >= 0.6 is 0 Å². The Labute approximate surface area is 187 Å². The first-order chi connectivity index (χ1) is 15.4. The van der Waals surface area contributed by atoms with Gasteiger partial charge in [-0.15, -0.1) is 0 Å². The number of benzene rings is 2. The normalized spacial score (nSPS) is 17.2. The summed E-state index contributed by atoms with van der Waals surface area (Å²) in [7, 11) is 1.51. The molecule has 1 aliphatic heterocycles. The molecule has 1 heterocycles. The quantitative estimate of drug-likeness (QED) is 0.717. The lowest BCUT2D eigenvalue weighted by Gasteiger charge is -2.35. The fraction of sp³-hybridized carbons (Fsp3) is 0.400. The van der Waals surface area contributed by atoms with Gasteiger partial charge >= 0.3 is 0 Å². The van der Waals surface area contributed by atoms with Crippen molar-refractivity contribution in [2.45, 2.75) is 24.9 Å². The van der Waals surface area contributed by atoms with E-state index in [4.69, 9.17) is 4.74 Å². The number of carbonyl (C=O) groups excluding carboxylic acids is 3. The van der Waals surface area contributed by atoms with E-state index in [2.05, 4.69) is 0 Å². The van der Waals surface area contributed by atoms with E-state index >= 15 is 0 Å². The van der Waals surface area contributed by atoms with Crippen molar-refractivity contribution in [1.29, 1.82) is 0 Å². The summed E-state index contributed by atoms with van der Waals surface area (Å²) in [6.45, 7) is 1.91. The molecule has 0 unspecified atom stereocenters. The number of aliphatic hydroxyl groups is 1. The zero-order valence-electron chi connectivity index (χ0n) is 18.3. The fourth-order valence-corrected chi connectivity index (χ4v) is 4.03. The summed E-state index contributed by atoms with van der Waals surface area (Å²) in [6, 6.07) is 15.2. The number of nitrogens with zero attached hydrogens (tertiary/aromatic N) is 2. The smallest absolute Gasteiger partial charge is 0.254 e. The number of Topliss-reactive ketones (excluding diaryl/α,β-unsaturated/α-hetero) is 1. The zero-order chi connectivity index (χ0) is 22.7. The maximum atomic E-state index is 12.9. The summed E-state index contributed by atoms with van der Waals surface area (Å²) >= 11 is 0. The molecular weight excluding hydrogens is 408 g/mol. The largest absolute Gasteiger partial charge is 0.380 e. The molecule has 1 saturated heterocycles. The number of ketones is 1. The molecule has 0 spiro atoms. The van der Waals surface area contributed by atoms with Gasteiger partial charge in [0.25, 0.3) is 11.8 Å². The second-order valence-electron chi connectivity index (χ2n) is 8.54. The van der Waals surface area contributed by atoms with Crippen LogP contribution in [0.2, 0.25) is 0 Å². The first-order valence-corrected chi connectivity index (χ1v) is 10.9. The zero-order valence-corrected chi connectivity index (χ0v) is 18.3. The highest BCUT2D eigenvalue weighted by Gasteiger charge is 2.50. The van der Waals surface area contributed by atoms with E-state index in [-0.39, 0.29) is 24.2 Å². The lowest BCUT2D eigenvalue weighted by Crippen LogP contribution is -2.53. The molecule has 1 N–H and O–H groups in total. The van der Waals surface area contributed by atoms with Crippen molar-refractivity contribution in [3.63, 3.8) is 0 Å². The Morgan fingerprint density at radius 2 is 1.59 bits per heavy atom. The average Bonchev–Trinajstić information content (AvgIpc) is 3.57. The molecule has 7 heteroatoms. The van der Waals surface area contributed by atoms with Crippen molar-refractivity contribution < 1.29 is 24.2 Å². The Kier molecular flexibility index (Phi) is 6.39. The van der Waals surface area contributed by atoms with Gasteiger partial charge in [-0.3, -0.25) is 14.4 Å². The van der Waals surface area contributed by atoms with Crippen molar-refractivity contribution in [3.05, 3.63) is 59.7 Å². The van der Waals surface area contributed by atoms with Gasteiger partial charge < -0.3 is 19.6 Å². The molecule has 2 fully saturated rings. The lowest BCUT2D eigenvalue weighted by molar-refractivity contribution is -0.143. The molecule has 2 aromatic rings. The van der Waals surface area contributed by atoms with Crippen LogP contribution in [0, 0.1) is 0 Å². The van der Waals surface area contributed by atoms with Crippen molar-refractivity contribution in [1.82, 2.24) is 9.80 Å². The number of piperazine rings is 1. The van der Waals surface area contributed by atoms with Crippen LogP contribution in [0.3, 0.4) is 0 Å². The summed E-state index contributed by atoms with van der Waals surface area (Å²) in [5.74, 6) is -0.244. The third-order valence-electron chi connectivity index (χ3n) is 6.07. The van der Waals surface area contributed by atoms with Crippen LogP contribution in [-0.2, 0) is 20.7 Å². The van der Waals surface area contributed by atoms with Crippen LogP contribution in [0.1, 0.15) is 28.8 Å². The predicted octanol–water partition coefficient (Wildman–Crippen LogP) is 1.92. The maximum absolute atomic E-state index is 12.9. The van der Waals surface area contributed by atoms with Gasteiger partial charge in [-0.2, -0.15) is 0 Å². The van der Waals surface area contributed by atoms with E-state index < -0.39 is 5.60 Å². The topological polar surface area (TPSA) is 87.2 Å². The molecule has 2 aromatic carbocycles. The first kappa shape index (κ1) is 22.2. The minimum Gasteiger partial charge on any atom is -0.380 e. The van der Waals surface area contributed by atoms with E-state index in [9.17, 15) is 19.5 Å². The van der Waals surface area contributed by atoms with Gasteiger partial charge in [-0.1, -0.05) is 36.4 Å². The highest BCUT2D eigenvalue weighted by Crippen LogP contribution is 2.37. The molecule has 168 valence electrons. The summed E-state index contributed by atoms with van der Waals surface area (Å²) in [5.41, 5.74) is 2.32. The summed E-state index contributed by atoms with van der Waals surface area (Å²) < 4.78 is 4.90. The second-order valence-corrected chi connectivity index (χ2v) is 8.54. The SMILES string of the molecule is COCC(=O)Cc1cccc(-c2ccc(C(=O)N3CCN(C(=O)C4(O)CC4)CC3)cc2)c1. The lowest BCUT2D eigenvalue weighted by atomic mass is 9.99. The summed E-state index contributed by atoms with van der Waals surface area (Å²) in [4.78, 5) is 40.4. The van der Waals surface area contributed by atoms with Crippen molar-refractivity contribution >= 4 is 17.6 Å². The highest BCUT2D eigenvalue weighted by molar-refractivity contribution is 5.95. The number of rotatable bonds is 7. The maximum Gasteiger partial charge on any atom is 0.254 e. The molecule has 0 bridgehead atoms. The Hall–Kier alpha value is -3.03. The number of amides is 2. The molecular formula is C25H28N2O5. The monoisotopic (exact) mass is 436 g/mol. The van der Waals surface area contributed by atoms with Crippen LogP contribution in [0.5, 0.6) is 0 Å². The van der Waals surface area contributed by atoms with Gasteiger partial charge in [-0.25, -0.2) is 0 Å². The molecule has 0 radical (unpaired) electrons. The minimum atomic E-state index is -1.16. The molecule has 0 aromatic heterocycles. The first-order valence-electron chi connectivity index (χ1n) is 10.9. The Balaban J connectivity index is 1.37. The van der Waals surface area contributed by atoms with Gasteiger partial charge in [0.2, 0.25) is 0 Å². The minimum absolute atomic E-state index is 0.0266. The third-order valence-corrected chi connectivity index (χ3v) is 6.07. The average molecular weight is 437 g/mol. The fourth-order valence-electron chi connectivity index (χ4n) is 4.03. The highest BCUT2D eigenvalue weighted by atomic mass is 16.5. The van der Waals surface area contributed by atoms with Gasteiger partial charge in [0.15, 0.2) is 5.78 Å².